The van der Waals surface area contributed by atoms with Crippen LogP contribution in [0.2, 0.25) is 0 Å². The number of hydrogen-bond donors (Lipinski definition) is 1. The first-order valence-corrected chi connectivity index (χ1v) is 6.49. The number of nitrogens with one attached hydrogen (secondary N) is 1. The summed E-state index contributed by atoms with van der Waals surface area (Å²) in [6, 6.07) is 7.68. The van der Waals surface area contributed by atoms with Gasteiger partial charge >= 0.3 is 5.97 Å². The molecule has 1 aromatic rings. The number of rotatable bonds is 6. The van der Waals surface area contributed by atoms with Gasteiger partial charge < -0.3 is 9.47 Å². The van der Waals surface area contributed by atoms with Gasteiger partial charge in [-0.15, -0.1) is 0 Å². The fourth-order valence-electron chi connectivity index (χ4n) is 2.10. The van der Waals surface area contributed by atoms with Gasteiger partial charge in [-0.2, -0.15) is 0 Å². The second-order valence-electron chi connectivity index (χ2n) is 4.77. The first-order valence-electron chi connectivity index (χ1n) is 6.49. The summed E-state index contributed by atoms with van der Waals surface area (Å²) < 4.78 is 10.3. The Morgan fingerprint density at radius 1 is 1.37 bits per heavy atom. The summed E-state index contributed by atoms with van der Waals surface area (Å²) in [5.41, 5.74) is -0.138. The number of esters is 1. The Kier molecular flexibility index (Phi) is 5.36. The van der Waals surface area contributed by atoms with Crippen LogP contribution in [0, 0.1) is 0 Å². The Labute approximate surface area is 115 Å². The molecule has 1 N–H and O–H groups in total. The lowest BCUT2D eigenvalue weighted by Gasteiger charge is -2.32. The maximum Gasteiger partial charge on any atom is 0.330 e. The van der Waals surface area contributed by atoms with E-state index in [-0.39, 0.29) is 12.0 Å². The lowest BCUT2D eigenvalue weighted by atomic mass is 9.90. The molecule has 19 heavy (non-hydrogen) atoms. The molecule has 1 aromatic carbocycles. The minimum atomic E-state index is -0.920. The maximum absolute atomic E-state index is 12.2. The van der Waals surface area contributed by atoms with Crippen LogP contribution in [-0.2, 0) is 15.1 Å². The van der Waals surface area contributed by atoms with E-state index >= 15 is 0 Å². The zero-order valence-electron chi connectivity index (χ0n) is 12.3. The Morgan fingerprint density at radius 3 is 2.53 bits per heavy atom. The summed E-state index contributed by atoms with van der Waals surface area (Å²) in [6.07, 6.45) is 0.918. The molecule has 2 atom stereocenters. The van der Waals surface area contributed by atoms with Crippen molar-refractivity contribution in [2.75, 3.05) is 14.2 Å². The standard InChI is InChI=1S/C15H23NO3/c1-6-11(2)16-15(3,14(17)19-5)12-9-7-8-10-13(12)18-4/h7-11,16H,6H2,1-5H3. The van der Waals surface area contributed by atoms with Crippen molar-refractivity contribution in [1.29, 1.82) is 0 Å². The minimum Gasteiger partial charge on any atom is -0.496 e. The predicted octanol–water partition coefficient (Wildman–Crippen LogP) is 2.47. The van der Waals surface area contributed by atoms with E-state index < -0.39 is 5.54 Å². The van der Waals surface area contributed by atoms with Crippen LogP contribution < -0.4 is 10.1 Å². The fraction of sp³-hybridized carbons (Fsp3) is 0.533. The first kappa shape index (κ1) is 15.5. The Balaban J connectivity index is 3.26. The number of carbonyl (C=O) groups excluding carboxylic acids is 1. The van der Waals surface area contributed by atoms with Crippen LogP contribution in [0.5, 0.6) is 5.75 Å². The summed E-state index contributed by atoms with van der Waals surface area (Å²) >= 11 is 0. The van der Waals surface area contributed by atoms with Crippen LogP contribution in [0.4, 0.5) is 0 Å². The molecule has 4 heteroatoms. The molecule has 0 bridgehead atoms. The average Bonchev–Trinajstić information content (AvgIpc) is 2.45. The normalized spacial score (nSPS) is 15.4. The highest BCUT2D eigenvalue weighted by Gasteiger charge is 2.39. The number of hydrogen-bond acceptors (Lipinski definition) is 4. The third kappa shape index (κ3) is 3.26. The van der Waals surface area contributed by atoms with Gasteiger partial charge in [0.15, 0.2) is 0 Å². The summed E-state index contributed by atoms with van der Waals surface area (Å²) in [5.74, 6) is 0.350. The second kappa shape index (κ2) is 6.57. The highest BCUT2D eigenvalue weighted by molar-refractivity contribution is 5.83. The molecule has 106 valence electrons. The van der Waals surface area contributed by atoms with E-state index in [0.717, 1.165) is 12.0 Å². The van der Waals surface area contributed by atoms with E-state index in [9.17, 15) is 4.79 Å². The second-order valence-corrected chi connectivity index (χ2v) is 4.77. The molecule has 0 fully saturated rings. The van der Waals surface area contributed by atoms with E-state index in [1.54, 1.807) is 7.11 Å². The molecule has 0 aliphatic carbocycles. The molecule has 0 aliphatic heterocycles. The largest absolute Gasteiger partial charge is 0.496 e. The molecule has 0 aliphatic rings. The van der Waals surface area contributed by atoms with Crippen molar-refractivity contribution < 1.29 is 14.3 Å². The van der Waals surface area contributed by atoms with Crippen LogP contribution in [0.15, 0.2) is 24.3 Å². The van der Waals surface area contributed by atoms with Gasteiger partial charge in [-0.3, -0.25) is 5.32 Å². The monoisotopic (exact) mass is 265 g/mol. The van der Waals surface area contributed by atoms with Crippen LogP contribution in [-0.4, -0.2) is 26.2 Å². The van der Waals surface area contributed by atoms with E-state index in [1.165, 1.54) is 7.11 Å². The Morgan fingerprint density at radius 2 is 2.00 bits per heavy atom. The molecule has 0 aromatic heterocycles. The number of methoxy groups -OCH3 is 2. The van der Waals surface area contributed by atoms with Crippen molar-refractivity contribution in [3.8, 4) is 5.75 Å². The third-order valence-corrected chi connectivity index (χ3v) is 3.39. The number of carbonyl (C=O) groups is 1. The molecule has 2 unspecified atom stereocenters. The number of ether oxygens (including phenoxy) is 2. The molecule has 0 saturated heterocycles. The topological polar surface area (TPSA) is 47.6 Å². The smallest absolute Gasteiger partial charge is 0.330 e. The van der Waals surface area contributed by atoms with E-state index in [2.05, 4.69) is 12.2 Å². The number of para-hydroxylation sites is 1. The summed E-state index contributed by atoms with van der Waals surface area (Å²) in [6.45, 7) is 5.93. The van der Waals surface area contributed by atoms with Crippen LogP contribution >= 0.6 is 0 Å². The summed E-state index contributed by atoms with van der Waals surface area (Å²) in [5, 5.41) is 3.33. The van der Waals surface area contributed by atoms with Crippen molar-refractivity contribution in [3.63, 3.8) is 0 Å². The zero-order chi connectivity index (χ0) is 14.5. The van der Waals surface area contributed by atoms with Gasteiger partial charge in [0.1, 0.15) is 11.3 Å². The molecule has 0 saturated carbocycles. The minimum absolute atomic E-state index is 0.189. The summed E-state index contributed by atoms with van der Waals surface area (Å²) in [4.78, 5) is 12.2. The fourth-order valence-corrected chi connectivity index (χ4v) is 2.10. The molecule has 1 rings (SSSR count). The maximum atomic E-state index is 12.2. The SMILES string of the molecule is CCC(C)NC(C)(C(=O)OC)c1ccccc1OC. The van der Waals surface area contributed by atoms with Crippen LogP contribution in [0.1, 0.15) is 32.8 Å². The molecule has 0 amide bonds. The molecule has 0 heterocycles. The van der Waals surface area contributed by atoms with Gasteiger partial charge in [0, 0.05) is 11.6 Å². The van der Waals surface area contributed by atoms with Crippen LogP contribution in [0.25, 0.3) is 0 Å². The van der Waals surface area contributed by atoms with Gasteiger partial charge in [-0.05, 0) is 26.3 Å². The number of benzene rings is 1. The lowest BCUT2D eigenvalue weighted by molar-refractivity contribution is -0.148. The molecular weight excluding hydrogens is 242 g/mol. The van der Waals surface area contributed by atoms with Crippen molar-refractivity contribution in [2.45, 2.75) is 38.8 Å². The van der Waals surface area contributed by atoms with Gasteiger partial charge in [-0.1, -0.05) is 25.1 Å². The predicted molar refractivity (Wildman–Crippen MR) is 75.3 cm³/mol. The highest BCUT2D eigenvalue weighted by atomic mass is 16.5. The first-order chi connectivity index (χ1) is 8.99. The van der Waals surface area contributed by atoms with Crippen molar-refractivity contribution in [3.05, 3.63) is 29.8 Å². The Hall–Kier alpha value is -1.55. The average molecular weight is 265 g/mol. The van der Waals surface area contributed by atoms with E-state index in [1.807, 2.05) is 38.1 Å². The van der Waals surface area contributed by atoms with E-state index in [4.69, 9.17) is 9.47 Å². The third-order valence-electron chi connectivity index (χ3n) is 3.39. The molecule has 0 spiro atoms. The van der Waals surface area contributed by atoms with Gasteiger partial charge in [0.25, 0.3) is 0 Å². The Bertz CT molecular complexity index is 433. The summed E-state index contributed by atoms with van der Waals surface area (Å²) in [7, 11) is 2.99. The lowest BCUT2D eigenvalue weighted by Crippen LogP contribution is -2.51. The molecule has 4 nitrogen and oxygen atoms in total. The van der Waals surface area contributed by atoms with E-state index in [0.29, 0.717) is 5.75 Å². The molecule has 0 radical (unpaired) electrons. The zero-order valence-corrected chi connectivity index (χ0v) is 12.3. The molecular formula is C15H23NO3. The van der Waals surface area contributed by atoms with Crippen LogP contribution in [0.3, 0.4) is 0 Å². The van der Waals surface area contributed by atoms with Gasteiger partial charge in [0.2, 0.25) is 0 Å². The van der Waals surface area contributed by atoms with Gasteiger partial charge in [-0.25, -0.2) is 4.79 Å². The highest BCUT2D eigenvalue weighted by Crippen LogP contribution is 2.31. The van der Waals surface area contributed by atoms with Crippen molar-refractivity contribution >= 4 is 5.97 Å². The van der Waals surface area contributed by atoms with Crippen molar-refractivity contribution in [2.24, 2.45) is 0 Å². The quantitative estimate of drug-likeness (QED) is 0.803. The van der Waals surface area contributed by atoms with Crippen molar-refractivity contribution in [1.82, 2.24) is 5.32 Å². The van der Waals surface area contributed by atoms with Gasteiger partial charge in [0.05, 0.1) is 14.2 Å².